The average Bonchev–Trinajstić information content (AvgIpc) is 3.05. The van der Waals surface area contributed by atoms with E-state index in [0.717, 1.165) is 46.8 Å². The molecule has 4 heteroatoms. The highest BCUT2D eigenvalue weighted by Gasteiger charge is 2.30. The first-order valence-corrected chi connectivity index (χ1v) is 10.2. The van der Waals surface area contributed by atoms with E-state index in [1.54, 1.807) is 0 Å². The van der Waals surface area contributed by atoms with Gasteiger partial charge in [-0.25, -0.2) is 0 Å². The summed E-state index contributed by atoms with van der Waals surface area (Å²) in [5, 5.41) is 10.2. The van der Waals surface area contributed by atoms with Gasteiger partial charge in [0.2, 0.25) is 5.88 Å². The van der Waals surface area contributed by atoms with Gasteiger partial charge in [0.25, 0.3) is 0 Å². The zero-order valence-electron chi connectivity index (χ0n) is 16.4. The Labute approximate surface area is 169 Å². The molecule has 1 aliphatic carbocycles. The van der Waals surface area contributed by atoms with Crippen molar-refractivity contribution in [2.45, 2.75) is 32.6 Å². The van der Waals surface area contributed by atoms with Gasteiger partial charge >= 0.3 is 0 Å². The predicted molar refractivity (Wildman–Crippen MR) is 116 cm³/mol. The fourth-order valence-electron chi connectivity index (χ4n) is 4.70. The van der Waals surface area contributed by atoms with Crippen LogP contribution >= 0.6 is 0 Å². The molecule has 0 radical (unpaired) electrons. The monoisotopic (exact) mass is 379 g/mol. The molecule has 0 fully saturated rings. The minimum absolute atomic E-state index is 0.747. The lowest BCUT2D eigenvalue weighted by Crippen LogP contribution is -2.15. The summed E-state index contributed by atoms with van der Waals surface area (Å²) < 4.78 is 6.39. The Hall–Kier alpha value is -3.40. The molecule has 4 nitrogen and oxygen atoms in total. The molecule has 0 spiro atoms. The lowest BCUT2D eigenvalue weighted by molar-refractivity contribution is 0.620. The number of aryl methyl sites for hydroxylation is 1. The van der Waals surface area contributed by atoms with Crippen LogP contribution in [0.5, 0.6) is 0 Å². The number of para-hydroxylation sites is 2. The van der Waals surface area contributed by atoms with E-state index in [9.17, 15) is 0 Å². The van der Waals surface area contributed by atoms with E-state index in [0.29, 0.717) is 0 Å². The van der Waals surface area contributed by atoms with Crippen LogP contribution in [0, 0.1) is 6.92 Å². The zero-order chi connectivity index (χ0) is 19.4. The largest absolute Gasteiger partial charge is 0.437 e. The van der Waals surface area contributed by atoms with Crippen LogP contribution in [-0.4, -0.2) is 0 Å². The number of hydrogen-bond acceptors (Lipinski definition) is 4. The minimum Gasteiger partial charge on any atom is -0.437 e. The van der Waals surface area contributed by atoms with Crippen LogP contribution in [-0.2, 0) is 12.8 Å². The Morgan fingerprint density at radius 3 is 2.52 bits per heavy atom. The number of fused-ring (bicyclic) bond motifs is 5. The number of hydrogen-bond donors (Lipinski definition) is 0. The standard InChI is InChI=1S/C25H21N3O/c1-16-14-15-21(18-9-3-2-8-17(16)18)28-22-12-6-5-11-20(22)26-27-24-19-10-4-7-13-23(19)29-25(24)28/h4-7,10-15H,2-3,8-9H2,1H3. The molecular formula is C25H21N3O. The lowest BCUT2D eigenvalue weighted by Gasteiger charge is -2.29. The Bertz CT molecular complexity index is 1280. The van der Waals surface area contributed by atoms with Gasteiger partial charge < -0.3 is 4.42 Å². The van der Waals surface area contributed by atoms with Crippen molar-refractivity contribution in [3.8, 4) is 0 Å². The summed E-state index contributed by atoms with van der Waals surface area (Å²) in [6, 6.07) is 20.7. The van der Waals surface area contributed by atoms with Crippen molar-refractivity contribution in [3.63, 3.8) is 0 Å². The van der Waals surface area contributed by atoms with Crippen LogP contribution < -0.4 is 4.90 Å². The lowest BCUT2D eigenvalue weighted by atomic mass is 9.87. The van der Waals surface area contributed by atoms with E-state index in [1.165, 1.54) is 35.2 Å². The maximum atomic E-state index is 6.39. The first-order valence-electron chi connectivity index (χ1n) is 10.2. The first-order chi connectivity index (χ1) is 14.3. The Morgan fingerprint density at radius 1 is 0.793 bits per heavy atom. The molecule has 0 unspecified atom stereocenters. The minimum atomic E-state index is 0.747. The summed E-state index contributed by atoms with van der Waals surface area (Å²) in [6.45, 7) is 2.22. The van der Waals surface area contributed by atoms with Gasteiger partial charge in [0.15, 0.2) is 5.69 Å². The SMILES string of the molecule is Cc1ccc(N2c3ccccc3N=Nc3c2oc2ccccc32)c2c1CCCC2. The molecule has 142 valence electrons. The fourth-order valence-corrected chi connectivity index (χ4v) is 4.70. The number of rotatable bonds is 1. The molecule has 1 aromatic heterocycles. The first kappa shape index (κ1) is 16.5. The van der Waals surface area contributed by atoms with Crippen molar-refractivity contribution in [3.05, 3.63) is 77.4 Å². The van der Waals surface area contributed by atoms with Crippen LogP contribution in [0.1, 0.15) is 29.5 Å². The normalized spacial score (nSPS) is 15.0. The Morgan fingerprint density at radius 2 is 1.59 bits per heavy atom. The summed E-state index contributed by atoms with van der Waals surface area (Å²) >= 11 is 0. The van der Waals surface area contributed by atoms with E-state index >= 15 is 0 Å². The quantitative estimate of drug-likeness (QED) is 0.298. The van der Waals surface area contributed by atoms with Crippen molar-refractivity contribution in [1.82, 2.24) is 0 Å². The molecule has 4 aromatic rings. The van der Waals surface area contributed by atoms with Gasteiger partial charge in [-0.05, 0) is 79.6 Å². The molecule has 2 aliphatic rings. The molecule has 0 amide bonds. The number of nitrogens with zero attached hydrogens (tertiary/aromatic N) is 3. The summed E-state index contributed by atoms with van der Waals surface area (Å²) in [5.74, 6) is 0.747. The van der Waals surface area contributed by atoms with Gasteiger partial charge in [-0.3, -0.25) is 4.90 Å². The van der Waals surface area contributed by atoms with E-state index in [4.69, 9.17) is 4.42 Å². The van der Waals surface area contributed by atoms with Gasteiger partial charge in [0.05, 0.1) is 16.8 Å². The highest BCUT2D eigenvalue weighted by Crippen LogP contribution is 2.52. The smallest absolute Gasteiger partial charge is 0.233 e. The second kappa shape index (κ2) is 6.31. The highest BCUT2D eigenvalue weighted by atomic mass is 16.4. The summed E-state index contributed by atoms with van der Waals surface area (Å²) in [5.41, 5.74) is 8.97. The van der Waals surface area contributed by atoms with Crippen LogP contribution in [0.4, 0.5) is 28.6 Å². The summed E-state index contributed by atoms with van der Waals surface area (Å²) in [7, 11) is 0. The third-order valence-corrected chi connectivity index (χ3v) is 6.12. The third-order valence-electron chi connectivity index (χ3n) is 6.12. The van der Waals surface area contributed by atoms with Gasteiger partial charge in [0.1, 0.15) is 11.3 Å². The van der Waals surface area contributed by atoms with Crippen LogP contribution in [0.3, 0.4) is 0 Å². The van der Waals surface area contributed by atoms with Crippen molar-refractivity contribution in [2.75, 3.05) is 4.90 Å². The van der Waals surface area contributed by atoms with Crippen molar-refractivity contribution in [2.24, 2.45) is 10.2 Å². The molecule has 2 heterocycles. The molecule has 1 aliphatic heterocycles. The molecule has 6 rings (SSSR count). The van der Waals surface area contributed by atoms with Gasteiger partial charge in [0, 0.05) is 0 Å². The fraction of sp³-hybridized carbons (Fsp3) is 0.200. The molecule has 3 aromatic carbocycles. The maximum absolute atomic E-state index is 6.39. The highest BCUT2D eigenvalue weighted by molar-refractivity contribution is 6.00. The molecule has 0 N–H and O–H groups in total. The summed E-state index contributed by atoms with van der Waals surface area (Å²) in [6.07, 6.45) is 4.72. The van der Waals surface area contributed by atoms with E-state index in [1.807, 2.05) is 30.3 Å². The van der Waals surface area contributed by atoms with E-state index in [2.05, 4.69) is 52.4 Å². The maximum Gasteiger partial charge on any atom is 0.233 e. The molecule has 0 atom stereocenters. The predicted octanol–water partition coefficient (Wildman–Crippen LogP) is 7.82. The second-order valence-electron chi connectivity index (χ2n) is 7.84. The van der Waals surface area contributed by atoms with Gasteiger partial charge in [-0.2, -0.15) is 0 Å². The Kier molecular flexibility index (Phi) is 3.60. The number of anilines is 3. The van der Waals surface area contributed by atoms with Crippen LogP contribution in [0.25, 0.3) is 11.0 Å². The molecule has 29 heavy (non-hydrogen) atoms. The molecule has 0 saturated carbocycles. The topological polar surface area (TPSA) is 41.1 Å². The van der Waals surface area contributed by atoms with Crippen molar-refractivity contribution in [1.29, 1.82) is 0 Å². The summed E-state index contributed by atoms with van der Waals surface area (Å²) in [4.78, 5) is 2.23. The second-order valence-corrected chi connectivity index (χ2v) is 7.84. The number of azo groups is 1. The van der Waals surface area contributed by atoms with Crippen LogP contribution in [0.15, 0.2) is 75.3 Å². The third kappa shape index (κ3) is 2.45. The van der Waals surface area contributed by atoms with Gasteiger partial charge in [-0.15, -0.1) is 10.2 Å². The molecule has 0 bridgehead atoms. The van der Waals surface area contributed by atoms with Gasteiger partial charge in [-0.1, -0.05) is 30.3 Å². The molecular weight excluding hydrogens is 358 g/mol. The zero-order valence-corrected chi connectivity index (χ0v) is 16.4. The van der Waals surface area contributed by atoms with Crippen molar-refractivity contribution >= 4 is 39.6 Å². The Balaban J connectivity index is 1.69. The molecule has 0 saturated heterocycles. The van der Waals surface area contributed by atoms with E-state index < -0.39 is 0 Å². The number of furan rings is 1. The van der Waals surface area contributed by atoms with E-state index in [-0.39, 0.29) is 0 Å². The van der Waals surface area contributed by atoms with Crippen LogP contribution in [0.2, 0.25) is 0 Å². The van der Waals surface area contributed by atoms with Crippen molar-refractivity contribution < 1.29 is 4.42 Å². The number of benzene rings is 3. The average molecular weight is 379 g/mol.